The molecule has 0 saturated heterocycles. The second-order valence-corrected chi connectivity index (χ2v) is 4.92. The molecule has 0 unspecified atom stereocenters. The Kier molecular flexibility index (Phi) is 4.73. The van der Waals surface area contributed by atoms with Crippen molar-refractivity contribution in [3.63, 3.8) is 0 Å². The fourth-order valence-corrected chi connectivity index (χ4v) is 1.99. The zero-order chi connectivity index (χ0) is 15.4. The van der Waals surface area contributed by atoms with Gasteiger partial charge in [-0.1, -0.05) is 0 Å². The highest BCUT2D eigenvalue weighted by Gasteiger charge is 2.12. The van der Waals surface area contributed by atoms with Gasteiger partial charge in [-0.3, -0.25) is 9.59 Å². The van der Waals surface area contributed by atoms with Crippen LogP contribution in [0.15, 0.2) is 26.1 Å². The fourth-order valence-electron chi connectivity index (χ4n) is 1.54. The van der Waals surface area contributed by atoms with Gasteiger partial charge >= 0.3 is 5.97 Å². The molecule has 112 valence electrons. The van der Waals surface area contributed by atoms with Gasteiger partial charge < -0.3 is 14.5 Å². The van der Waals surface area contributed by atoms with Crippen LogP contribution in [0.5, 0.6) is 0 Å². The molecule has 0 aliphatic rings. The Morgan fingerprint density at radius 1 is 1.52 bits per heavy atom. The minimum atomic E-state index is -0.549. The summed E-state index contributed by atoms with van der Waals surface area (Å²) in [5, 5.41) is 6.89. The molecule has 0 bridgehead atoms. The van der Waals surface area contributed by atoms with Gasteiger partial charge in [-0.2, -0.15) is 5.10 Å². The SMILES string of the molecule is COC(=O)Cn1ncc(NCc2ncc(C)o2)c(Br)c1=O. The number of carbonyl (C=O) groups excluding carboxylic acids is 1. The Morgan fingerprint density at radius 3 is 2.90 bits per heavy atom. The van der Waals surface area contributed by atoms with Crippen LogP contribution >= 0.6 is 15.9 Å². The van der Waals surface area contributed by atoms with Gasteiger partial charge in [0.1, 0.15) is 16.8 Å². The van der Waals surface area contributed by atoms with E-state index in [0.29, 0.717) is 23.9 Å². The molecule has 2 rings (SSSR count). The monoisotopic (exact) mass is 356 g/mol. The first-order valence-electron chi connectivity index (χ1n) is 5.99. The highest BCUT2D eigenvalue weighted by atomic mass is 79.9. The number of ether oxygens (including phenoxy) is 1. The second-order valence-electron chi connectivity index (χ2n) is 4.13. The summed E-state index contributed by atoms with van der Waals surface area (Å²) in [6.45, 7) is 1.86. The number of anilines is 1. The smallest absolute Gasteiger partial charge is 0.327 e. The molecule has 0 saturated carbocycles. The van der Waals surface area contributed by atoms with Gasteiger partial charge in [-0.05, 0) is 22.9 Å². The third-order valence-corrected chi connectivity index (χ3v) is 3.36. The number of esters is 1. The van der Waals surface area contributed by atoms with Crippen LogP contribution < -0.4 is 10.9 Å². The van der Waals surface area contributed by atoms with Crippen LogP contribution in [0.2, 0.25) is 0 Å². The van der Waals surface area contributed by atoms with E-state index in [1.54, 1.807) is 13.1 Å². The molecule has 0 aliphatic carbocycles. The number of hydrogen-bond acceptors (Lipinski definition) is 7. The molecule has 21 heavy (non-hydrogen) atoms. The van der Waals surface area contributed by atoms with Crippen molar-refractivity contribution in [2.24, 2.45) is 0 Å². The standard InChI is InChI=1S/C12H13BrN4O4/c1-7-3-15-9(21-7)5-14-8-4-16-17(6-10(18)20-2)12(19)11(8)13/h3-4,14H,5-6H2,1-2H3. The Balaban J connectivity index is 2.13. The third kappa shape index (κ3) is 3.69. The average Bonchev–Trinajstić information content (AvgIpc) is 2.88. The normalized spacial score (nSPS) is 10.4. The largest absolute Gasteiger partial charge is 0.468 e. The summed E-state index contributed by atoms with van der Waals surface area (Å²) in [5.74, 6) is 0.656. The summed E-state index contributed by atoms with van der Waals surface area (Å²) < 4.78 is 11.1. The Labute approximate surface area is 128 Å². The number of carbonyl (C=O) groups is 1. The molecule has 2 heterocycles. The van der Waals surface area contributed by atoms with E-state index < -0.39 is 11.5 Å². The van der Waals surface area contributed by atoms with Crippen LogP contribution in [0.25, 0.3) is 0 Å². The predicted molar refractivity (Wildman–Crippen MR) is 76.8 cm³/mol. The van der Waals surface area contributed by atoms with Crippen molar-refractivity contribution >= 4 is 27.6 Å². The van der Waals surface area contributed by atoms with E-state index in [4.69, 9.17) is 4.42 Å². The first-order chi connectivity index (χ1) is 10.0. The summed E-state index contributed by atoms with van der Waals surface area (Å²) in [4.78, 5) is 27.2. The zero-order valence-electron chi connectivity index (χ0n) is 11.4. The molecule has 2 aromatic rings. The average molecular weight is 357 g/mol. The Morgan fingerprint density at radius 2 is 2.29 bits per heavy atom. The Bertz CT molecular complexity index is 710. The number of methoxy groups -OCH3 is 1. The van der Waals surface area contributed by atoms with Crippen molar-refractivity contribution in [1.82, 2.24) is 14.8 Å². The molecule has 9 heteroatoms. The van der Waals surface area contributed by atoms with E-state index in [1.807, 2.05) is 0 Å². The molecule has 0 atom stereocenters. The highest BCUT2D eigenvalue weighted by Crippen LogP contribution is 2.17. The zero-order valence-corrected chi connectivity index (χ0v) is 13.0. The first-order valence-corrected chi connectivity index (χ1v) is 6.78. The number of aromatic nitrogens is 3. The van der Waals surface area contributed by atoms with E-state index >= 15 is 0 Å². The summed E-state index contributed by atoms with van der Waals surface area (Å²) in [6.07, 6.45) is 3.04. The van der Waals surface area contributed by atoms with Crippen molar-refractivity contribution in [1.29, 1.82) is 0 Å². The minimum absolute atomic E-state index is 0.243. The van der Waals surface area contributed by atoms with E-state index in [-0.39, 0.29) is 11.0 Å². The molecule has 0 spiro atoms. The van der Waals surface area contributed by atoms with E-state index in [2.05, 4.69) is 36.1 Å². The van der Waals surface area contributed by atoms with Crippen molar-refractivity contribution in [2.45, 2.75) is 20.0 Å². The minimum Gasteiger partial charge on any atom is -0.468 e. The van der Waals surface area contributed by atoms with Crippen LogP contribution in [0.3, 0.4) is 0 Å². The molecule has 0 aromatic carbocycles. The molecule has 1 N–H and O–H groups in total. The van der Waals surface area contributed by atoms with Gasteiger partial charge in [0.25, 0.3) is 5.56 Å². The maximum Gasteiger partial charge on any atom is 0.327 e. The fraction of sp³-hybridized carbons (Fsp3) is 0.333. The third-order valence-electron chi connectivity index (χ3n) is 2.59. The molecule has 0 fully saturated rings. The highest BCUT2D eigenvalue weighted by molar-refractivity contribution is 9.10. The van der Waals surface area contributed by atoms with Crippen molar-refractivity contribution in [3.05, 3.63) is 38.9 Å². The van der Waals surface area contributed by atoms with Crippen LogP contribution in [-0.2, 0) is 22.6 Å². The van der Waals surface area contributed by atoms with Crippen LogP contribution in [0.4, 0.5) is 5.69 Å². The molecular formula is C12H13BrN4O4. The van der Waals surface area contributed by atoms with Crippen molar-refractivity contribution < 1.29 is 13.9 Å². The molecule has 0 aliphatic heterocycles. The second kappa shape index (κ2) is 6.53. The molecular weight excluding hydrogens is 344 g/mol. The maximum atomic E-state index is 12.0. The summed E-state index contributed by atoms with van der Waals surface area (Å²) in [5.41, 5.74) is 0.0472. The van der Waals surface area contributed by atoms with Gasteiger partial charge in [0.15, 0.2) is 0 Å². The van der Waals surface area contributed by atoms with Gasteiger partial charge in [0.2, 0.25) is 5.89 Å². The number of oxazole rings is 1. The van der Waals surface area contributed by atoms with Crippen molar-refractivity contribution in [2.75, 3.05) is 12.4 Å². The van der Waals surface area contributed by atoms with E-state index in [0.717, 1.165) is 4.68 Å². The van der Waals surface area contributed by atoms with E-state index in [1.165, 1.54) is 13.3 Å². The number of nitrogens with one attached hydrogen (secondary N) is 1. The molecule has 8 nitrogen and oxygen atoms in total. The number of hydrogen-bond donors (Lipinski definition) is 1. The number of halogens is 1. The lowest BCUT2D eigenvalue weighted by Crippen LogP contribution is -2.28. The number of aryl methyl sites for hydroxylation is 1. The lowest BCUT2D eigenvalue weighted by molar-refractivity contribution is -0.141. The van der Waals surface area contributed by atoms with Crippen LogP contribution in [0, 0.1) is 6.92 Å². The number of rotatable bonds is 5. The first kappa shape index (κ1) is 15.2. The lowest BCUT2D eigenvalue weighted by Gasteiger charge is -2.08. The predicted octanol–water partition coefficient (Wildman–Crippen LogP) is 1.09. The van der Waals surface area contributed by atoms with Gasteiger partial charge in [0, 0.05) is 0 Å². The van der Waals surface area contributed by atoms with Crippen LogP contribution in [0.1, 0.15) is 11.7 Å². The maximum absolute atomic E-state index is 12.0. The lowest BCUT2D eigenvalue weighted by atomic mass is 10.4. The van der Waals surface area contributed by atoms with Gasteiger partial charge in [-0.25, -0.2) is 9.67 Å². The topological polar surface area (TPSA) is 99.2 Å². The van der Waals surface area contributed by atoms with Crippen molar-refractivity contribution in [3.8, 4) is 0 Å². The quantitative estimate of drug-likeness (QED) is 0.800. The van der Waals surface area contributed by atoms with Crippen LogP contribution in [-0.4, -0.2) is 27.8 Å². The Hall–Kier alpha value is -2.16. The summed E-state index contributed by atoms with van der Waals surface area (Å²) in [7, 11) is 1.25. The van der Waals surface area contributed by atoms with Gasteiger partial charge in [-0.15, -0.1) is 0 Å². The molecule has 0 radical (unpaired) electrons. The number of nitrogens with zero attached hydrogens (tertiary/aromatic N) is 3. The molecule has 0 amide bonds. The summed E-state index contributed by atoms with van der Waals surface area (Å²) >= 11 is 3.18. The van der Waals surface area contributed by atoms with E-state index in [9.17, 15) is 9.59 Å². The summed E-state index contributed by atoms with van der Waals surface area (Å²) in [6, 6.07) is 0. The molecule has 2 aromatic heterocycles. The van der Waals surface area contributed by atoms with Gasteiger partial charge in [0.05, 0.1) is 31.7 Å².